The number of imidazole rings is 1. The molecule has 2 aromatic heterocycles. The SMILES string of the molecule is CCCOc1nc(N)c2ncn([C@@H]3O[C@H](CO)C[C@H]3O)c2n1. The van der Waals surface area contributed by atoms with Gasteiger partial charge in [0.05, 0.1) is 25.6 Å². The molecule has 3 atom stereocenters. The number of ether oxygens (including phenoxy) is 2. The minimum atomic E-state index is -0.759. The molecule has 0 aromatic carbocycles. The zero-order valence-electron chi connectivity index (χ0n) is 12.2. The Morgan fingerprint density at radius 2 is 2.32 bits per heavy atom. The van der Waals surface area contributed by atoms with E-state index in [0.717, 1.165) is 6.42 Å². The standard InChI is InChI=1S/C13H19N5O4/c1-2-3-21-13-16-10(14)9-11(17-13)18(6-15-9)12-8(20)4-7(5-19)22-12/h6-8,12,19-20H,2-5H2,1H3,(H2,14,16,17)/t7-,8+,12+/m0/s1. The quantitative estimate of drug-likeness (QED) is 0.695. The first kappa shape index (κ1) is 14.9. The van der Waals surface area contributed by atoms with Crippen LogP contribution in [0.5, 0.6) is 6.01 Å². The van der Waals surface area contributed by atoms with E-state index in [2.05, 4.69) is 15.0 Å². The summed E-state index contributed by atoms with van der Waals surface area (Å²) in [4.78, 5) is 12.5. The van der Waals surface area contributed by atoms with Gasteiger partial charge in [0.25, 0.3) is 0 Å². The second kappa shape index (κ2) is 6.03. The van der Waals surface area contributed by atoms with Crippen LogP contribution >= 0.6 is 0 Å². The molecule has 3 rings (SSSR count). The number of fused-ring (bicyclic) bond motifs is 1. The molecule has 22 heavy (non-hydrogen) atoms. The number of rotatable bonds is 5. The molecule has 1 saturated heterocycles. The normalized spacial score (nSPS) is 25.0. The number of aliphatic hydroxyl groups is 2. The summed E-state index contributed by atoms with van der Waals surface area (Å²) in [6, 6.07) is 0.166. The highest BCUT2D eigenvalue weighted by molar-refractivity contribution is 5.82. The Hall–Kier alpha value is -1.97. The highest BCUT2D eigenvalue weighted by atomic mass is 16.5. The smallest absolute Gasteiger partial charge is 0.320 e. The van der Waals surface area contributed by atoms with Gasteiger partial charge in [-0.1, -0.05) is 6.92 Å². The van der Waals surface area contributed by atoms with Crippen molar-refractivity contribution in [2.75, 3.05) is 18.9 Å². The number of hydrogen-bond donors (Lipinski definition) is 3. The van der Waals surface area contributed by atoms with E-state index in [-0.39, 0.29) is 18.4 Å². The van der Waals surface area contributed by atoms with Crippen LogP contribution in [-0.4, -0.2) is 55.2 Å². The van der Waals surface area contributed by atoms with Crippen molar-refractivity contribution < 1.29 is 19.7 Å². The van der Waals surface area contributed by atoms with Gasteiger partial charge in [0.15, 0.2) is 23.2 Å². The van der Waals surface area contributed by atoms with Gasteiger partial charge in [-0.3, -0.25) is 4.57 Å². The number of aliphatic hydroxyl groups excluding tert-OH is 2. The molecule has 0 unspecified atom stereocenters. The van der Waals surface area contributed by atoms with E-state index in [9.17, 15) is 10.2 Å². The van der Waals surface area contributed by atoms with Crippen molar-refractivity contribution >= 4 is 17.0 Å². The van der Waals surface area contributed by atoms with Gasteiger partial charge in [-0.05, 0) is 6.42 Å². The molecule has 120 valence electrons. The zero-order chi connectivity index (χ0) is 15.7. The molecule has 0 radical (unpaired) electrons. The van der Waals surface area contributed by atoms with E-state index < -0.39 is 18.4 Å². The predicted molar refractivity (Wildman–Crippen MR) is 77.1 cm³/mol. The summed E-state index contributed by atoms with van der Waals surface area (Å²) in [5.41, 5.74) is 6.73. The lowest BCUT2D eigenvalue weighted by Crippen LogP contribution is -2.19. The van der Waals surface area contributed by atoms with Crippen LogP contribution in [0.3, 0.4) is 0 Å². The number of nitrogens with two attached hydrogens (primary N) is 1. The minimum Gasteiger partial charge on any atom is -0.463 e. The number of nitrogen functional groups attached to an aromatic ring is 1. The van der Waals surface area contributed by atoms with Crippen molar-refractivity contribution in [3.63, 3.8) is 0 Å². The van der Waals surface area contributed by atoms with Crippen LogP contribution in [0.4, 0.5) is 5.82 Å². The highest BCUT2D eigenvalue weighted by Gasteiger charge is 2.36. The summed E-state index contributed by atoms with van der Waals surface area (Å²) >= 11 is 0. The Morgan fingerprint density at radius 3 is 3.00 bits per heavy atom. The number of anilines is 1. The first-order valence-corrected chi connectivity index (χ1v) is 7.21. The lowest BCUT2D eigenvalue weighted by atomic mass is 10.2. The fourth-order valence-corrected chi connectivity index (χ4v) is 2.46. The van der Waals surface area contributed by atoms with Crippen molar-refractivity contribution in [1.82, 2.24) is 19.5 Å². The summed E-state index contributed by atoms with van der Waals surface area (Å²) in [7, 11) is 0. The van der Waals surface area contributed by atoms with E-state index in [1.165, 1.54) is 6.33 Å². The third-order valence-electron chi connectivity index (χ3n) is 3.51. The van der Waals surface area contributed by atoms with Gasteiger partial charge in [0.2, 0.25) is 0 Å². The van der Waals surface area contributed by atoms with Crippen LogP contribution in [0.15, 0.2) is 6.33 Å². The first-order valence-electron chi connectivity index (χ1n) is 7.21. The summed E-state index contributed by atoms with van der Waals surface area (Å²) < 4.78 is 12.6. The number of hydrogen-bond acceptors (Lipinski definition) is 8. The van der Waals surface area contributed by atoms with Crippen LogP contribution in [0.1, 0.15) is 26.0 Å². The molecule has 0 bridgehead atoms. The molecule has 0 saturated carbocycles. The van der Waals surface area contributed by atoms with Crippen LogP contribution in [0.2, 0.25) is 0 Å². The molecule has 0 spiro atoms. The Kier molecular flexibility index (Phi) is 4.10. The largest absolute Gasteiger partial charge is 0.463 e. The number of nitrogens with zero attached hydrogens (tertiary/aromatic N) is 4. The van der Waals surface area contributed by atoms with E-state index in [1.54, 1.807) is 4.57 Å². The molecule has 3 heterocycles. The Bertz CT molecular complexity index is 661. The third-order valence-corrected chi connectivity index (χ3v) is 3.51. The zero-order valence-corrected chi connectivity index (χ0v) is 12.2. The molecular formula is C13H19N5O4. The maximum Gasteiger partial charge on any atom is 0.320 e. The minimum absolute atomic E-state index is 0.151. The molecule has 0 aliphatic carbocycles. The van der Waals surface area contributed by atoms with Gasteiger partial charge in [0, 0.05) is 6.42 Å². The summed E-state index contributed by atoms with van der Waals surface area (Å²) in [5, 5.41) is 19.3. The summed E-state index contributed by atoms with van der Waals surface area (Å²) in [5.74, 6) is 0.209. The van der Waals surface area contributed by atoms with E-state index >= 15 is 0 Å². The topological polar surface area (TPSA) is 129 Å². The second-order valence-corrected chi connectivity index (χ2v) is 5.20. The van der Waals surface area contributed by atoms with Crippen molar-refractivity contribution in [3.05, 3.63) is 6.33 Å². The Morgan fingerprint density at radius 1 is 1.50 bits per heavy atom. The van der Waals surface area contributed by atoms with E-state index in [4.69, 9.17) is 15.2 Å². The van der Waals surface area contributed by atoms with Crippen LogP contribution in [-0.2, 0) is 4.74 Å². The first-order chi connectivity index (χ1) is 10.6. The van der Waals surface area contributed by atoms with Crippen molar-refractivity contribution in [1.29, 1.82) is 0 Å². The predicted octanol–water partition coefficient (Wildman–Crippen LogP) is -0.162. The average molecular weight is 309 g/mol. The lowest BCUT2D eigenvalue weighted by molar-refractivity contribution is -0.0487. The molecule has 2 aromatic rings. The van der Waals surface area contributed by atoms with Gasteiger partial charge < -0.3 is 25.4 Å². The van der Waals surface area contributed by atoms with Crippen molar-refractivity contribution in [2.45, 2.75) is 38.2 Å². The number of aromatic nitrogens is 4. The molecule has 0 amide bonds. The maximum atomic E-state index is 10.1. The van der Waals surface area contributed by atoms with Crippen LogP contribution in [0, 0.1) is 0 Å². The molecule has 1 aliphatic rings. The van der Waals surface area contributed by atoms with E-state index in [1.807, 2.05) is 6.92 Å². The lowest BCUT2D eigenvalue weighted by Gasteiger charge is -2.16. The van der Waals surface area contributed by atoms with Gasteiger partial charge in [-0.15, -0.1) is 0 Å². The third kappa shape index (κ3) is 2.58. The average Bonchev–Trinajstić information content (AvgIpc) is 3.08. The Balaban J connectivity index is 1.98. The second-order valence-electron chi connectivity index (χ2n) is 5.20. The highest BCUT2D eigenvalue weighted by Crippen LogP contribution is 2.31. The monoisotopic (exact) mass is 309 g/mol. The van der Waals surface area contributed by atoms with Gasteiger partial charge in [0.1, 0.15) is 6.10 Å². The maximum absolute atomic E-state index is 10.1. The van der Waals surface area contributed by atoms with E-state index in [0.29, 0.717) is 24.2 Å². The summed E-state index contributed by atoms with van der Waals surface area (Å²) in [6.45, 7) is 2.31. The van der Waals surface area contributed by atoms with Crippen LogP contribution < -0.4 is 10.5 Å². The van der Waals surface area contributed by atoms with Gasteiger partial charge >= 0.3 is 6.01 Å². The molecule has 1 fully saturated rings. The van der Waals surface area contributed by atoms with Crippen molar-refractivity contribution in [3.8, 4) is 6.01 Å². The Labute approximate surface area is 126 Å². The summed E-state index contributed by atoms with van der Waals surface area (Å²) in [6.07, 6.45) is 0.824. The molecule has 4 N–H and O–H groups in total. The van der Waals surface area contributed by atoms with Crippen LogP contribution in [0.25, 0.3) is 11.2 Å². The molecular weight excluding hydrogens is 290 g/mol. The van der Waals surface area contributed by atoms with Crippen molar-refractivity contribution in [2.24, 2.45) is 0 Å². The fourth-order valence-electron chi connectivity index (χ4n) is 2.46. The molecule has 1 aliphatic heterocycles. The van der Waals surface area contributed by atoms with Gasteiger partial charge in [-0.2, -0.15) is 9.97 Å². The molecule has 9 heteroatoms. The van der Waals surface area contributed by atoms with Gasteiger partial charge in [-0.25, -0.2) is 4.98 Å². The fraction of sp³-hybridized carbons (Fsp3) is 0.615. The molecule has 9 nitrogen and oxygen atoms in total.